The van der Waals surface area contributed by atoms with Gasteiger partial charge in [-0.15, -0.1) is 11.3 Å². The van der Waals surface area contributed by atoms with Crippen LogP contribution in [-0.4, -0.2) is 29.1 Å². The van der Waals surface area contributed by atoms with E-state index >= 15 is 0 Å². The van der Waals surface area contributed by atoms with Crippen molar-refractivity contribution in [2.45, 2.75) is 39.0 Å². The first-order valence-electron chi connectivity index (χ1n) is 6.56. The van der Waals surface area contributed by atoms with E-state index in [9.17, 15) is 4.79 Å². The summed E-state index contributed by atoms with van der Waals surface area (Å²) in [4.78, 5) is 17.4. The fourth-order valence-electron chi connectivity index (χ4n) is 2.25. The minimum Gasteiger partial charge on any atom is -0.481 e. The lowest BCUT2D eigenvalue weighted by atomic mass is 10.0. The van der Waals surface area contributed by atoms with Gasteiger partial charge in [0, 0.05) is 24.9 Å². The standard InChI is InChI=1S/C13H20N2O2S/c1-10-3-2-7-15(8-6-10)13-14-11(9-18-13)4-5-12(16)17/h9-10H,2-8H2,1H3,(H,16,17). The van der Waals surface area contributed by atoms with Crippen LogP contribution in [0.2, 0.25) is 0 Å². The Morgan fingerprint density at radius 1 is 1.56 bits per heavy atom. The Bertz CT molecular complexity index is 405. The van der Waals surface area contributed by atoms with Gasteiger partial charge in [-0.1, -0.05) is 6.92 Å². The number of carbonyl (C=O) groups is 1. The van der Waals surface area contributed by atoms with Crippen molar-refractivity contribution >= 4 is 22.4 Å². The van der Waals surface area contributed by atoms with Gasteiger partial charge < -0.3 is 10.0 Å². The number of nitrogens with zero attached hydrogens (tertiary/aromatic N) is 2. The Labute approximate surface area is 112 Å². The predicted molar refractivity (Wildman–Crippen MR) is 73.3 cm³/mol. The lowest BCUT2D eigenvalue weighted by Gasteiger charge is -2.18. The van der Waals surface area contributed by atoms with Crippen LogP contribution in [0.4, 0.5) is 5.13 Å². The minimum atomic E-state index is -0.756. The summed E-state index contributed by atoms with van der Waals surface area (Å²) < 4.78 is 0. The zero-order chi connectivity index (χ0) is 13.0. The Morgan fingerprint density at radius 3 is 3.17 bits per heavy atom. The Kier molecular flexibility index (Phi) is 4.58. The van der Waals surface area contributed by atoms with E-state index in [1.54, 1.807) is 11.3 Å². The normalized spacial score (nSPS) is 20.7. The highest BCUT2D eigenvalue weighted by molar-refractivity contribution is 7.13. The fourth-order valence-corrected chi connectivity index (χ4v) is 3.16. The van der Waals surface area contributed by atoms with Gasteiger partial charge >= 0.3 is 5.97 Å². The number of rotatable bonds is 4. The average Bonchev–Trinajstić information content (AvgIpc) is 2.69. The molecule has 0 bridgehead atoms. The minimum absolute atomic E-state index is 0.167. The highest BCUT2D eigenvalue weighted by Crippen LogP contribution is 2.25. The van der Waals surface area contributed by atoms with E-state index in [-0.39, 0.29) is 6.42 Å². The van der Waals surface area contributed by atoms with Crippen molar-refractivity contribution in [3.05, 3.63) is 11.1 Å². The molecule has 4 nitrogen and oxygen atoms in total. The summed E-state index contributed by atoms with van der Waals surface area (Å²) in [7, 11) is 0. The SMILES string of the molecule is CC1CCCN(c2nc(CCC(=O)O)cs2)CC1. The molecule has 100 valence electrons. The number of carboxylic acid groups (broad SMARTS) is 1. The van der Waals surface area contributed by atoms with Crippen molar-refractivity contribution in [1.82, 2.24) is 4.98 Å². The van der Waals surface area contributed by atoms with Crippen LogP contribution in [0.25, 0.3) is 0 Å². The lowest BCUT2D eigenvalue weighted by molar-refractivity contribution is -0.136. The molecule has 0 saturated carbocycles. The summed E-state index contributed by atoms with van der Waals surface area (Å²) in [5.74, 6) is 0.0505. The molecule has 1 fully saturated rings. The summed E-state index contributed by atoms with van der Waals surface area (Å²) in [5.41, 5.74) is 0.912. The van der Waals surface area contributed by atoms with E-state index in [1.807, 2.05) is 5.38 Å². The summed E-state index contributed by atoms with van der Waals surface area (Å²) in [6.45, 7) is 4.47. The topological polar surface area (TPSA) is 53.4 Å². The molecule has 1 atom stereocenters. The molecule has 1 aliphatic heterocycles. The molecule has 1 aromatic rings. The molecule has 0 aromatic carbocycles. The maximum atomic E-state index is 10.5. The van der Waals surface area contributed by atoms with Gasteiger partial charge in [0.25, 0.3) is 0 Å². The van der Waals surface area contributed by atoms with Crippen LogP contribution in [-0.2, 0) is 11.2 Å². The van der Waals surface area contributed by atoms with Crippen molar-refractivity contribution in [3.63, 3.8) is 0 Å². The second-order valence-corrected chi connectivity index (χ2v) is 5.87. The van der Waals surface area contributed by atoms with Gasteiger partial charge in [-0.25, -0.2) is 4.98 Å². The summed E-state index contributed by atoms with van der Waals surface area (Å²) >= 11 is 1.64. The van der Waals surface area contributed by atoms with Crippen LogP contribution < -0.4 is 4.90 Å². The Balaban J connectivity index is 1.94. The molecule has 1 unspecified atom stereocenters. The van der Waals surface area contributed by atoms with Crippen molar-refractivity contribution in [3.8, 4) is 0 Å². The summed E-state index contributed by atoms with van der Waals surface area (Å²) in [6, 6.07) is 0. The van der Waals surface area contributed by atoms with Crippen LogP contribution in [0.15, 0.2) is 5.38 Å². The zero-order valence-electron chi connectivity index (χ0n) is 10.8. The smallest absolute Gasteiger partial charge is 0.303 e. The molecule has 1 saturated heterocycles. The van der Waals surface area contributed by atoms with Crippen LogP contribution >= 0.6 is 11.3 Å². The number of hydrogen-bond donors (Lipinski definition) is 1. The molecule has 0 aliphatic carbocycles. The maximum absolute atomic E-state index is 10.5. The predicted octanol–water partition coefficient (Wildman–Crippen LogP) is 2.79. The molecule has 2 heterocycles. The molecule has 5 heteroatoms. The van der Waals surface area contributed by atoms with Crippen LogP contribution in [0.1, 0.15) is 38.3 Å². The fraction of sp³-hybridized carbons (Fsp3) is 0.692. The largest absolute Gasteiger partial charge is 0.481 e. The second kappa shape index (κ2) is 6.18. The van der Waals surface area contributed by atoms with E-state index in [1.165, 1.54) is 19.3 Å². The molecule has 1 aromatic heterocycles. The third-order valence-electron chi connectivity index (χ3n) is 3.42. The number of thiazole rings is 1. The van der Waals surface area contributed by atoms with Crippen molar-refractivity contribution in [2.24, 2.45) is 5.92 Å². The number of aliphatic carboxylic acids is 1. The molecule has 0 amide bonds. The molecule has 0 spiro atoms. The van der Waals surface area contributed by atoms with Crippen molar-refractivity contribution < 1.29 is 9.90 Å². The molecule has 18 heavy (non-hydrogen) atoms. The highest BCUT2D eigenvalue weighted by atomic mass is 32.1. The van der Waals surface area contributed by atoms with Gasteiger partial charge in [0.15, 0.2) is 5.13 Å². The molecule has 1 N–H and O–H groups in total. The first-order chi connectivity index (χ1) is 8.65. The molecular weight excluding hydrogens is 248 g/mol. The average molecular weight is 268 g/mol. The summed E-state index contributed by atoms with van der Waals surface area (Å²) in [6.07, 6.45) is 4.46. The van der Waals surface area contributed by atoms with Gasteiger partial charge in [0.1, 0.15) is 0 Å². The van der Waals surface area contributed by atoms with E-state index in [0.29, 0.717) is 6.42 Å². The molecular formula is C13H20N2O2S. The number of hydrogen-bond acceptors (Lipinski definition) is 4. The zero-order valence-corrected chi connectivity index (χ0v) is 11.6. The van der Waals surface area contributed by atoms with E-state index in [4.69, 9.17) is 5.11 Å². The Hall–Kier alpha value is -1.10. The lowest BCUT2D eigenvalue weighted by Crippen LogP contribution is -2.23. The van der Waals surface area contributed by atoms with Crippen LogP contribution in [0.3, 0.4) is 0 Å². The van der Waals surface area contributed by atoms with Gasteiger partial charge in [0.05, 0.1) is 12.1 Å². The van der Waals surface area contributed by atoms with E-state index in [0.717, 1.165) is 29.8 Å². The molecule has 0 radical (unpaired) electrons. The van der Waals surface area contributed by atoms with Gasteiger partial charge in [-0.3, -0.25) is 4.79 Å². The number of aromatic nitrogens is 1. The van der Waals surface area contributed by atoms with E-state index < -0.39 is 5.97 Å². The highest BCUT2D eigenvalue weighted by Gasteiger charge is 2.16. The van der Waals surface area contributed by atoms with Crippen molar-refractivity contribution in [1.29, 1.82) is 0 Å². The third kappa shape index (κ3) is 3.70. The van der Waals surface area contributed by atoms with Gasteiger partial charge in [0.2, 0.25) is 0 Å². The first kappa shape index (κ1) is 13.3. The monoisotopic (exact) mass is 268 g/mol. The number of aryl methyl sites for hydroxylation is 1. The maximum Gasteiger partial charge on any atom is 0.303 e. The molecule has 2 rings (SSSR count). The Morgan fingerprint density at radius 2 is 2.39 bits per heavy atom. The summed E-state index contributed by atoms with van der Waals surface area (Å²) in [5, 5.41) is 11.7. The molecule has 1 aliphatic rings. The number of carboxylic acids is 1. The first-order valence-corrected chi connectivity index (χ1v) is 7.44. The van der Waals surface area contributed by atoms with Crippen molar-refractivity contribution in [2.75, 3.05) is 18.0 Å². The van der Waals surface area contributed by atoms with Crippen LogP contribution in [0, 0.1) is 5.92 Å². The second-order valence-electron chi connectivity index (χ2n) is 5.04. The van der Waals surface area contributed by atoms with E-state index in [2.05, 4.69) is 16.8 Å². The van der Waals surface area contributed by atoms with Gasteiger partial charge in [-0.05, 0) is 25.2 Å². The third-order valence-corrected chi connectivity index (χ3v) is 4.37. The van der Waals surface area contributed by atoms with Crippen LogP contribution in [0.5, 0.6) is 0 Å². The number of anilines is 1. The van der Waals surface area contributed by atoms with Gasteiger partial charge in [-0.2, -0.15) is 0 Å². The quantitative estimate of drug-likeness (QED) is 0.912.